The second-order valence-electron chi connectivity index (χ2n) is 4.65. The summed E-state index contributed by atoms with van der Waals surface area (Å²) in [5, 5.41) is 0. The van der Waals surface area contributed by atoms with E-state index in [-0.39, 0.29) is 5.91 Å². The molecular formula is C11H15N5O. The molecule has 0 radical (unpaired) electrons. The molecule has 0 aliphatic heterocycles. The summed E-state index contributed by atoms with van der Waals surface area (Å²) in [5.74, 6) is -0.0392. The summed E-state index contributed by atoms with van der Waals surface area (Å²) < 4.78 is 1.71. The van der Waals surface area contributed by atoms with E-state index in [1.807, 2.05) is 6.07 Å². The van der Waals surface area contributed by atoms with E-state index in [4.69, 9.17) is 11.5 Å². The Morgan fingerprint density at radius 1 is 1.53 bits per heavy atom. The van der Waals surface area contributed by atoms with Crippen LogP contribution in [0.25, 0.3) is 11.2 Å². The number of hydrogen-bond donors (Lipinski definition) is 2. The van der Waals surface area contributed by atoms with Crippen LogP contribution in [-0.2, 0) is 11.3 Å². The maximum Gasteiger partial charge on any atom is 0.224 e. The van der Waals surface area contributed by atoms with Crippen molar-refractivity contribution in [2.24, 2.45) is 11.1 Å². The minimum absolute atomic E-state index is 0.341. The highest BCUT2D eigenvalue weighted by atomic mass is 16.1. The van der Waals surface area contributed by atoms with Crippen LogP contribution < -0.4 is 11.5 Å². The maximum absolute atomic E-state index is 11.3. The van der Waals surface area contributed by atoms with Crippen molar-refractivity contribution < 1.29 is 4.79 Å². The largest absolute Gasteiger partial charge is 0.369 e. The second-order valence-corrected chi connectivity index (χ2v) is 4.65. The van der Waals surface area contributed by atoms with Gasteiger partial charge >= 0.3 is 0 Å². The van der Waals surface area contributed by atoms with Crippen molar-refractivity contribution in [3.05, 3.63) is 18.3 Å². The average molecular weight is 233 g/mol. The van der Waals surface area contributed by atoms with Gasteiger partial charge in [-0.1, -0.05) is 0 Å². The molecule has 2 aromatic rings. The quantitative estimate of drug-likeness (QED) is 0.807. The van der Waals surface area contributed by atoms with E-state index >= 15 is 0 Å². The molecule has 0 spiro atoms. The number of hydrogen-bond acceptors (Lipinski definition) is 4. The van der Waals surface area contributed by atoms with Crippen molar-refractivity contribution in [2.45, 2.75) is 20.4 Å². The molecule has 0 unspecified atom stereocenters. The molecular weight excluding hydrogens is 218 g/mol. The fourth-order valence-electron chi connectivity index (χ4n) is 1.61. The van der Waals surface area contributed by atoms with Gasteiger partial charge in [-0.25, -0.2) is 9.97 Å². The van der Waals surface area contributed by atoms with Crippen LogP contribution in [0.3, 0.4) is 0 Å². The average Bonchev–Trinajstić information content (AvgIpc) is 2.55. The van der Waals surface area contributed by atoms with Crippen LogP contribution in [0.5, 0.6) is 0 Å². The maximum atomic E-state index is 11.3. The molecule has 2 aromatic heterocycles. The summed E-state index contributed by atoms with van der Waals surface area (Å²) >= 11 is 0. The van der Waals surface area contributed by atoms with E-state index < -0.39 is 5.41 Å². The zero-order chi connectivity index (χ0) is 12.6. The van der Waals surface area contributed by atoms with Gasteiger partial charge in [-0.05, 0) is 26.0 Å². The number of nitrogen functional groups attached to an aromatic ring is 1. The number of imidazole rings is 1. The van der Waals surface area contributed by atoms with Crippen LogP contribution in [0.15, 0.2) is 18.3 Å². The fraction of sp³-hybridized carbons (Fsp3) is 0.364. The number of carbonyl (C=O) groups excluding carboxylic acids is 1. The SMILES string of the molecule is CC(C)(Cn1c(N)nc2cccnc21)C(N)=O. The number of anilines is 1. The molecule has 4 N–H and O–H groups in total. The smallest absolute Gasteiger partial charge is 0.224 e. The first kappa shape index (κ1) is 11.4. The highest BCUT2D eigenvalue weighted by Gasteiger charge is 2.27. The Labute approximate surface area is 98.6 Å². The Bertz CT molecular complexity index is 572. The second kappa shape index (κ2) is 3.73. The van der Waals surface area contributed by atoms with Gasteiger partial charge in [0.1, 0.15) is 5.52 Å². The van der Waals surface area contributed by atoms with Crippen LogP contribution in [0.1, 0.15) is 13.8 Å². The lowest BCUT2D eigenvalue weighted by molar-refractivity contribution is -0.126. The third-order valence-corrected chi connectivity index (χ3v) is 2.75. The van der Waals surface area contributed by atoms with Gasteiger partial charge in [-0.3, -0.25) is 9.36 Å². The van der Waals surface area contributed by atoms with E-state index in [1.165, 1.54) is 0 Å². The van der Waals surface area contributed by atoms with Crippen molar-refractivity contribution in [3.63, 3.8) is 0 Å². The van der Waals surface area contributed by atoms with Gasteiger partial charge in [0.25, 0.3) is 0 Å². The monoisotopic (exact) mass is 233 g/mol. The van der Waals surface area contributed by atoms with Crippen LogP contribution in [-0.4, -0.2) is 20.4 Å². The lowest BCUT2D eigenvalue weighted by Crippen LogP contribution is -2.35. The summed E-state index contributed by atoms with van der Waals surface area (Å²) in [6.45, 7) is 3.90. The van der Waals surface area contributed by atoms with Crippen LogP contribution in [0.4, 0.5) is 5.95 Å². The number of aromatic nitrogens is 3. The molecule has 6 heteroatoms. The van der Waals surface area contributed by atoms with Crippen molar-refractivity contribution in [1.29, 1.82) is 0 Å². The molecule has 0 bridgehead atoms. The number of nitrogens with two attached hydrogens (primary N) is 2. The molecule has 0 aliphatic carbocycles. The molecule has 0 saturated heterocycles. The predicted octanol–water partition coefficient (Wildman–Crippen LogP) is 0.525. The Balaban J connectivity index is 2.49. The van der Waals surface area contributed by atoms with Gasteiger partial charge in [0.05, 0.1) is 5.41 Å². The van der Waals surface area contributed by atoms with E-state index in [9.17, 15) is 4.79 Å². The number of rotatable bonds is 3. The van der Waals surface area contributed by atoms with Crippen LogP contribution in [0, 0.1) is 5.41 Å². The summed E-state index contributed by atoms with van der Waals surface area (Å²) in [6, 6.07) is 3.62. The van der Waals surface area contributed by atoms with Crippen molar-refractivity contribution in [3.8, 4) is 0 Å². The standard InChI is InChI=1S/C11H15N5O/c1-11(2,9(12)17)6-16-8-7(15-10(16)13)4-3-5-14-8/h3-5H,6H2,1-2H3,(H2,12,17)(H2,13,15). The van der Waals surface area contributed by atoms with E-state index in [1.54, 1.807) is 30.7 Å². The van der Waals surface area contributed by atoms with Gasteiger partial charge in [-0.15, -0.1) is 0 Å². The predicted molar refractivity (Wildman–Crippen MR) is 64.9 cm³/mol. The van der Waals surface area contributed by atoms with Crippen LogP contribution in [0.2, 0.25) is 0 Å². The normalized spacial score (nSPS) is 11.9. The first-order chi connectivity index (χ1) is 7.92. The first-order valence-corrected chi connectivity index (χ1v) is 5.28. The van der Waals surface area contributed by atoms with Gasteiger partial charge in [0.15, 0.2) is 5.65 Å². The topological polar surface area (TPSA) is 99.8 Å². The lowest BCUT2D eigenvalue weighted by atomic mass is 9.93. The molecule has 17 heavy (non-hydrogen) atoms. The number of carbonyl (C=O) groups is 1. The molecule has 0 atom stereocenters. The lowest BCUT2D eigenvalue weighted by Gasteiger charge is -2.21. The zero-order valence-corrected chi connectivity index (χ0v) is 9.84. The van der Waals surface area contributed by atoms with Gasteiger partial charge < -0.3 is 11.5 Å². The Morgan fingerprint density at radius 3 is 2.88 bits per heavy atom. The minimum atomic E-state index is -0.695. The van der Waals surface area contributed by atoms with Crippen molar-refractivity contribution >= 4 is 23.0 Å². The summed E-state index contributed by atoms with van der Waals surface area (Å²) in [6.07, 6.45) is 1.66. The summed E-state index contributed by atoms with van der Waals surface area (Å²) in [5.41, 5.74) is 11.9. The van der Waals surface area contributed by atoms with Gasteiger partial charge in [-0.2, -0.15) is 0 Å². The van der Waals surface area contributed by atoms with Gasteiger partial charge in [0, 0.05) is 12.7 Å². The molecule has 1 amide bonds. The highest BCUT2D eigenvalue weighted by Crippen LogP contribution is 2.23. The number of primary amides is 1. The number of amides is 1. The van der Waals surface area contributed by atoms with E-state index in [0.717, 1.165) is 0 Å². The molecule has 90 valence electrons. The highest BCUT2D eigenvalue weighted by molar-refractivity contribution is 5.80. The Hall–Kier alpha value is -2.11. The third-order valence-electron chi connectivity index (χ3n) is 2.75. The number of fused-ring (bicyclic) bond motifs is 1. The minimum Gasteiger partial charge on any atom is -0.369 e. The van der Waals surface area contributed by atoms with Crippen molar-refractivity contribution in [2.75, 3.05) is 5.73 Å². The van der Waals surface area contributed by atoms with Gasteiger partial charge in [0.2, 0.25) is 11.9 Å². The molecule has 2 rings (SSSR count). The number of pyridine rings is 1. The van der Waals surface area contributed by atoms with E-state index in [0.29, 0.717) is 23.7 Å². The first-order valence-electron chi connectivity index (χ1n) is 5.28. The molecule has 2 heterocycles. The molecule has 0 aromatic carbocycles. The molecule has 0 saturated carbocycles. The van der Waals surface area contributed by atoms with E-state index in [2.05, 4.69) is 9.97 Å². The summed E-state index contributed by atoms with van der Waals surface area (Å²) in [7, 11) is 0. The Kier molecular flexibility index (Phi) is 2.49. The molecule has 0 fully saturated rings. The third kappa shape index (κ3) is 1.93. The molecule has 0 aliphatic rings. The fourth-order valence-corrected chi connectivity index (χ4v) is 1.61. The molecule has 6 nitrogen and oxygen atoms in total. The summed E-state index contributed by atoms with van der Waals surface area (Å²) in [4.78, 5) is 19.7. The van der Waals surface area contributed by atoms with Crippen LogP contribution >= 0.6 is 0 Å². The zero-order valence-electron chi connectivity index (χ0n) is 9.84. The van der Waals surface area contributed by atoms with Crippen molar-refractivity contribution in [1.82, 2.24) is 14.5 Å². The Morgan fingerprint density at radius 2 is 2.24 bits per heavy atom. The number of nitrogens with zero attached hydrogens (tertiary/aromatic N) is 3.